The van der Waals surface area contributed by atoms with Crippen LogP contribution in [0.4, 0.5) is 5.69 Å². The summed E-state index contributed by atoms with van der Waals surface area (Å²) in [5.41, 5.74) is 0.736. The Balaban J connectivity index is 1.56. The highest BCUT2D eigenvalue weighted by Gasteiger charge is 2.36. The van der Waals surface area contributed by atoms with E-state index in [4.69, 9.17) is 0 Å². The number of nitrogens with one attached hydrogen (secondary N) is 3. The second-order valence-electron chi connectivity index (χ2n) is 5.98. The summed E-state index contributed by atoms with van der Waals surface area (Å²) in [7, 11) is 0. The molecule has 2 aliphatic rings. The van der Waals surface area contributed by atoms with Crippen molar-refractivity contribution in [2.24, 2.45) is 0 Å². The Morgan fingerprint density at radius 2 is 1.86 bits per heavy atom. The molecule has 0 spiro atoms. The smallest absolute Gasteiger partial charge is 0.237 e. The summed E-state index contributed by atoms with van der Waals surface area (Å²) in [4.78, 5) is 24.3. The van der Waals surface area contributed by atoms with E-state index in [0.29, 0.717) is 6.04 Å². The molecule has 0 unspecified atom stereocenters. The maximum Gasteiger partial charge on any atom is 0.237 e. The highest BCUT2D eigenvalue weighted by atomic mass is 79.9. The average molecular weight is 366 g/mol. The molecule has 3 atom stereocenters. The van der Waals surface area contributed by atoms with Gasteiger partial charge >= 0.3 is 0 Å². The molecule has 0 radical (unpaired) electrons. The predicted octanol–water partition coefficient (Wildman–Crippen LogP) is 2.18. The van der Waals surface area contributed by atoms with E-state index in [2.05, 4.69) is 31.9 Å². The minimum atomic E-state index is -0.435. The van der Waals surface area contributed by atoms with Crippen LogP contribution in [0.25, 0.3) is 0 Å². The minimum Gasteiger partial charge on any atom is -0.350 e. The molecule has 5 nitrogen and oxygen atoms in total. The van der Waals surface area contributed by atoms with Gasteiger partial charge in [0.1, 0.15) is 0 Å². The zero-order valence-electron chi connectivity index (χ0n) is 12.3. The first kappa shape index (κ1) is 15.5. The van der Waals surface area contributed by atoms with Crippen LogP contribution in [-0.4, -0.2) is 29.9 Å². The molecule has 1 aromatic carbocycles. The number of hydrogen-bond acceptors (Lipinski definition) is 3. The first-order valence-electron chi connectivity index (χ1n) is 7.73. The van der Waals surface area contributed by atoms with Crippen LogP contribution in [0.5, 0.6) is 0 Å². The van der Waals surface area contributed by atoms with Crippen molar-refractivity contribution in [3.63, 3.8) is 0 Å². The third kappa shape index (κ3) is 3.67. The molecule has 6 heteroatoms. The van der Waals surface area contributed by atoms with E-state index in [1.54, 1.807) is 0 Å². The van der Waals surface area contributed by atoms with Crippen molar-refractivity contribution in [2.75, 3.05) is 5.32 Å². The largest absolute Gasteiger partial charge is 0.350 e. The highest BCUT2D eigenvalue weighted by Crippen LogP contribution is 2.22. The van der Waals surface area contributed by atoms with E-state index in [1.807, 2.05) is 24.3 Å². The number of anilines is 1. The first-order valence-corrected chi connectivity index (χ1v) is 8.53. The van der Waals surface area contributed by atoms with Crippen molar-refractivity contribution in [2.45, 2.75) is 50.2 Å². The van der Waals surface area contributed by atoms with Crippen LogP contribution in [0.3, 0.4) is 0 Å². The van der Waals surface area contributed by atoms with Crippen LogP contribution in [0.2, 0.25) is 0 Å². The molecular formula is C16H20BrN3O2. The van der Waals surface area contributed by atoms with Crippen molar-refractivity contribution in [1.29, 1.82) is 0 Å². The van der Waals surface area contributed by atoms with Crippen LogP contribution >= 0.6 is 15.9 Å². The predicted molar refractivity (Wildman–Crippen MR) is 88.5 cm³/mol. The molecule has 1 aliphatic heterocycles. The van der Waals surface area contributed by atoms with E-state index >= 15 is 0 Å². The van der Waals surface area contributed by atoms with Crippen LogP contribution in [-0.2, 0) is 9.59 Å². The Labute approximate surface area is 138 Å². The van der Waals surface area contributed by atoms with E-state index in [-0.39, 0.29) is 24.3 Å². The Morgan fingerprint density at radius 3 is 2.59 bits per heavy atom. The van der Waals surface area contributed by atoms with Crippen molar-refractivity contribution >= 4 is 33.4 Å². The van der Waals surface area contributed by atoms with Crippen LogP contribution in [0, 0.1) is 0 Å². The van der Waals surface area contributed by atoms with Crippen LogP contribution in [0.15, 0.2) is 28.7 Å². The molecule has 3 N–H and O–H groups in total. The number of fused-ring (bicyclic) bond motifs is 1. The van der Waals surface area contributed by atoms with Crippen LogP contribution < -0.4 is 16.0 Å². The lowest BCUT2D eigenvalue weighted by Crippen LogP contribution is -2.65. The topological polar surface area (TPSA) is 70.2 Å². The summed E-state index contributed by atoms with van der Waals surface area (Å²) in [5.74, 6) is -0.210. The molecule has 0 bridgehead atoms. The van der Waals surface area contributed by atoms with Gasteiger partial charge in [-0.1, -0.05) is 28.8 Å². The van der Waals surface area contributed by atoms with Crippen molar-refractivity contribution in [1.82, 2.24) is 10.6 Å². The molecular weight excluding hydrogens is 346 g/mol. The van der Waals surface area contributed by atoms with E-state index < -0.39 is 6.04 Å². The summed E-state index contributed by atoms with van der Waals surface area (Å²) < 4.78 is 0.960. The molecule has 118 valence electrons. The highest BCUT2D eigenvalue weighted by molar-refractivity contribution is 9.10. The van der Waals surface area contributed by atoms with Gasteiger partial charge in [-0.25, -0.2) is 0 Å². The Morgan fingerprint density at radius 1 is 1.18 bits per heavy atom. The van der Waals surface area contributed by atoms with Gasteiger partial charge in [-0.05, 0) is 37.1 Å². The lowest BCUT2D eigenvalue weighted by atomic mass is 9.87. The maximum absolute atomic E-state index is 12.1. The molecule has 1 heterocycles. The quantitative estimate of drug-likeness (QED) is 0.768. The third-order valence-corrected chi connectivity index (χ3v) is 4.87. The molecule has 0 aromatic heterocycles. The average Bonchev–Trinajstić information content (AvgIpc) is 2.50. The van der Waals surface area contributed by atoms with Crippen LogP contribution in [0.1, 0.15) is 32.1 Å². The monoisotopic (exact) mass is 365 g/mol. The lowest BCUT2D eigenvalue weighted by Gasteiger charge is -2.40. The zero-order valence-corrected chi connectivity index (χ0v) is 13.9. The molecule has 1 saturated heterocycles. The molecule has 2 fully saturated rings. The molecule has 3 rings (SSSR count). The van der Waals surface area contributed by atoms with E-state index in [1.165, 1.54) is 6.42 Å². The second kappa shape index (κ2) is 6.79. The Bertz CT molecular complexity index is 561. The molecule has 1 saturated carbocycles. The minimum absolute atomic E-state index is 0.0610. The summed E-state index contributed by atoms with van der Waals surface area (Å²) in [5, 5.41) is 9.24. The number of carbonyl (C=O) groups excluding carboxylic acids is 2. The number of amides is 2. The summed E-state index contributed by atoms with van der Waals surface area (Å²) >= 11 is 3.36. The lowest BCUT2D eigenvalue weighted by molar-refractivity contribution is -0.129. The van der Waals surface area contributed by atoms with Gasteiger partial charge in [0.25, 0.3) is 0 Å². The third-order valence-electron chi connectivity index (χ3n) is 4.34. The molecule has 2 amide bonds. The summed E-state index contributed by atoms with van der Waals surface area (Å²) in [6.45, 7) is 0. The van der Waals surface area contributed by atoms with Gasteiger partial charge < -0.3 is 16.0 Å². The fraction of sp³-hybridized carbons (Fsp3) is 0.500. The fourth-order valence-corrected chi connectivity index (χ4v) is 3.47. The molecule has 22 heavy (non-hydrogen) atoms. The normalized spacial score (nSPS) is 27.7. The first-order chi connectivity index (χ1) is 10.6. The number of rotatable bonds is 3. The van der Waals surface area contributed by atoms with Gasteiger partial charge in [0.15, 0.2) is 0 Å². The Kier molecular flexibility index (Phi) is 4.78. The van der Waals surface area contributed by atoms with Gasteiger partial charge in [0, 0.05) is 22.2 Å². The van der Waals surface area contributed by atoms with Gasteiger partial charge in [-0.15, -0.1) is 0 Å². The zero-order chi connectivity index (χ0) is 15.5. The maximum atomic E-state index is 12.1. The second-order valence-corrected chi connectivity index (χ2v) is 6.90. The number of halogens is 1. The molecule has 1 aromatic rings. The summed E-state index contributed by atoms with van der Waals surface area (Å²) in [6.07, 6.45) is 4.60. The van der Waals surface area contributed by atoms with Gasteiger partial charge in [0.05, 0.1) is 12.5 Å². The van der Waals surface area contributed by atoms with E-state index in [9.17, 15) is 9.59 Å². The summed E-state index contributed by atoms with van der Waals surface area (Å²) in [6, 6.07) is 7.49. The van der Waals surface area contributed by atoms with Crippen molar-refractivity contribution in [3.8, 4) is 0 Å². The van der Waals surface area contributed by atoms with Gasteiger partial charge in [0.2, 0.25) is 11.8 Å². The molecule has 1 aliphatic carbocycles. The van der Waals surface area contributed by atoms with Gasteiger partial charge in [-0.2, -0.15) is 0 Å². The number of piperazine rings is 1. The van der Waals surface area contributed by atoms with Crippen molar-refractivity contribution < 1.29 is 9.59 Å². The van der Waals surface area contributed by atoms with Gasteiger partial charge in [-0.3, -0.25) is 9.59 Å². The number of benzene rings is 1. The standard InChI is InChI=1S/C16H20BrN3O2/c17-10-5-7-11(8-6-10)18-15(21)9-14-16(22)20-13-4-2-1-3-12(13)19-14/h5-8,12-14,19H,1-4,9H2,(H,18,21)(H,20,22)/t12-,13+,14-/m0/s1. The number of carbonyl (C=O) groups is 2. The fourth-order valence-electron chi connectivity index (χ4n) is 3.20. The number of hydrogen-bond donors (Lipinski definition) is 3. The van der Waals surface area contributed by atoms with Crippen molar-refractivity contribution in [3.05, 3.63) is 28.7 Å². The Hall–Kier alpha value is -1.40. The van der Waals surface area contributed by atoms with E-state index in [0.717, 1.165) is 29.4 Å². The SMILES string of the molecule is O=C(C[C@@H]1N[C@H]2CCCC[C@H]2NC1=O)Nc1ccc(Br)cc1.